The fourth-order valence-electron chi connectivity index (χ4n) is 3.04. The molecular formula is C45H66O7. The van der Waals surface area contributed by atoms with Crippen LogP contribution in [0.3, 0.4) is 0 Å². The summed E-state index contributed by atoms with van der Waals surface area (Å²) in [5.41, 5.74) is 3.82. The Kier molecular flexibility index (Phi) is 66.0. The first kappa shape index (κ1) is 59.1. The van der Waals surface area contributed by atoms with E-state index in [4.69, 9.17) is 10.2 Å². The van der Waals surface area contributed by atoms with Crippen molar-refractivity contribution in [3.05, 3.63) is 155 Å². The van der Waals surface area contributed by atoms with Crippen molar-refractivity contribution in [1.29, 1.82) is 0 Å². The van der Waals surface area contributed by atoms with Crippen molar-refractivity contribution in [2.45, 2.75) is 81.1 Å². The van der Waals surface area contributed by atoms with Gasteiger partial charge in [0.2, 0.25) is 0 Å². The van der Waals surface area contributed by atoms with E-state index in [0.29, 0.717) is 0 Å². The molecule has 5 rings (SSSR count). The summed E-state index contributed by atoms with van der Waals surface area (Å²) in [6.45, 7) is 16.0. The Labute approximate surface area is 315 Å². The van der Waals surface area contributed by atoms with Gasteiger partial charge in [-0.2, -0.15) is 0 Å². The Hall–Kier alpha value is -5.11. The largest absolute Gasteiger partial charge is 0.400 e. The molecule has 0 saturated heterocycles. The predicted molar refractivity (Wildman–Crippen MR) is 222 cm³/mol. The molecule has 3 aromatic rings. The minimum Gasteiger partial charge on any atom is -0.400 e. The molecule has 288 valence electrons. The molecule has 2 aliphatic carbocycles. The summed E-state index contributed by atoms with van der Waals surface area (Å²) in [5.74, 6) is 0. The van der Waals surface area contributed by atoms with E-state index in [1.54, 1.807) is 36.4 Å². The molecule has 0 saturated carbocycles. The molecule has 0 spiro atoms. The van der Waals surface area contributed by atoms with Crippen LogP contribution in [0.1, 0.15) is 112 Å². The summed E-state index contributed by atoms with van der Waals surface area (Å²) in [6, 6.07) is 27.3. The molecule has 0 aliphatic heterocycles. The highest BCUT2D eigenvalue weighted by Crippen LogP contribution is 2.06. The summed E-state index contributed by atoms with van der Waals surface area (Å²) in [7, 11) is 2.00. The number of benzene rings is 3. The van der Waals surface area contributed by atoms with E-state index in [1.807, 2.05) is 146 Å². The van der Waals surface area contributed by atoms with Crippen LogP contribution in [0.5, 0.6) is 0 Å². The van der Waals surface area contributed by atoms with Crippen molar-refractivity contribution in [3.63, 3.8) is 0 Å². The average molecular weight is 719 g/mol. The van der Waals surface area contributed by atoms with Crippen molar-refractivity contribution in [2.24, 2.45) is 0 Å². The summed E-state index contributed by atoms with van der Waals surface area (Å²) >= 11 is 0. The van der Waals surface area contributed by atoms with Crippen molar-refractivity contribution in [2.75, 3.05) is 14.2 Å². The Bertz CT molecular complexity index is 1120. The molecule has 0 heterocycles. The molecule has 0 aromatic heterocycles. The summed E-state index contributed by atoms with van der Waals surface area (Å²) in [4.78, 5) is 50.1. The summed E-state index contributed by atoms with van der Waals surface area (Å²) < 4.78 is 0. The van der Waals surface area contributed by atoms with Gasteiger partial charge in [0, 0.05) is 42.1 Å². The second-order valence-corrected chi connectivity index (χ2v) is 8.19. The minimum absolute atomic E-state index is 0.729. The van der Waals surface area contributed by atoms with Gasteiger partial charge in [0.05, 0.1) is 0 Å². The highest BCUT2D eigenvalue weighted by atomic mass is 16.2. The number of allylic oxidation sites excluding steroid dienone is 8. The molecule has 52 heavy (non-hydrogen) atoms. The van der Waals surface area contributed by atoms with Crippen LogP contribution in [0.25, 0.3) is 0 Å². The Morgan fingerprint density at radius 3 is 0.712 bits per heavy atom. The lowest BCUT2D eigenvalue weighted by Gasteiger charge is -1.95. The number of aliphatic hydroxyl groups excluding tert-OH is 2. The Morgan fingerprint density at radius 1 is 0.365 bits per heavy atom. The van der Waals surface area contributed by atoms with Gasteiger partial charge in [-0.25, -0.2) is 0 Å². The maximum atomic E-state index is 10.0. The summed E-state index contributed by atoms with van der Waals surface area (Å²) in [5, 5.41) is 14.0. The molecule has 0 bridgehead atoms. The number of hydrogen-bond acceptors (Lipinski definition) is 7. The van der Waals surface area contributed by atoms with Crippen LogP contribution in [0, 0.1) is 0 Å². The first-order valence-electron chi connectivity index (χ1n) is 17.7. The Balaban J connectivity index is -0.000000118. The van der Waals surface area contributed by atoms with Gasteiger partial charge in [0.25, 0.3) is 0 Å². The van der Waals surface area contributed by atoms with E-state index in [2.05, 4.69) is 0 Å². The van der Waals surface area contributed by atoms with Crippen molar-refractivity contribution >= 4 is 31.4 Å². The molecule has 0 radical (unpaired) electrons. The van der Waals surface area contributed by atoms with Crippen molar-refractivity contribution in [1.82, 2.24) is 0 Å². The molecular weight excluding hydrogens is 652 g/mol. The monoisotopic (exact) mass is 718 g/mol. The minimum atomic E-state index is 0.729. The lowest BCUT2D eigenvalue weighted by Crippen LogP contribution is -1.83. The molecule has 0 unspecified atom stereocenters. The van der Waals surface area contributed by atoms with Gasteiger partial charge in [-0.3, -0.25) is 24.0 Å². The van der Waals surface area contributed by atoms with Crippen LogP contribution >= 0.6 is 0 Å². The maximum Gasteiger partial charge on any atom is 0.150 e. The third-order valence-corrected chi connectivity index (χ3v) is 5.13. The van der Waals surface area contributed by atoms with E-state index in [0.717, 1.165) is 99.2 Å². The maximum absolute atomic E-state index is 10.0. The standard InChI is InChI=1S/2C7H8O.3C7H6O.4C2H6.2CH4O/c5*8-6-7-4-2-1-3-5-7;6*1-2/h2*2,4-6H,1,3H2;3*1-6H;4*1-2H3;2*2H,1H3. The second kappa shape index (κ2) is 58.1. The fourth-order valence-corrected chi connectivity index (χ4v) is 3.04. The van der Waals surface area contributed by atoms with E-state index in [-0.39, 0.29) is 0 Å². The number of hydrogen-bond donors (Lipinski definition) is 2. The molecule has 2 aliphatic rings. The first-order chi connectivity index (χ1) is 25.7. The van der Waals surface area contributed by atoms with E-state index >= 15 is 0 Å². The smallest absolute Gasteiger partial charge is 0.150 e. The number of carbonyl (C=O) groups is 5. The number of aliphatic hydroxyl groups is 2. The van der Waals surface area contributed by atoms with Gasteiger partial charge in [0.1, 0.15) is 31.4 Å². The van der Waals surface area contributed by atoms with Crippen LogP contribution < -0.4 is 0 Å². The highest BCUT2D eigenvalue weighted by molar-refractivity contribution is 5.78. The van der Waals surface area contributed by atoms with Gasteiger partial charge in [-0.05, 0) is 25.7 Å². The zero-order chi connectivity index (χ0) is 41.1. The van der Waals surface area contributed by atoms with E-state index in [1.165, 1.54) is 0 Å². The van der Waals surface area contributed by atoms with Crippen LogP contribution in [0.2, 0.25) is 0 Å². The normalized spacial score (nSPS) is 10.1. The fraction of sp³-hybridized carbons (Fsp3) is 0.311. The number of aldehydes is 5. The SMILES string of the molecule is CC.CC.CC.CC.CO.CO.O=CC1=CCCC=C1.O=CC1=CCCC=C1.O=Cc1ccccc1.O=Cc1ccccc1.O=Cc1ccccc1. The summed E-state index contributed by atoms with van der Waals surface area (Å²) in [6.07, 6.45) is 20.1. The number of rotatable bonds is 5. The first-order valence-corrected chi connectivity index (χ1v) is 17.7. The second-order valence-electron chi connectivity index (χ2n) is 8.19. The van der Waals surface area contributed by atoms with E-state index < -0.39 is 0 Å². The zero-order valence-corrected chi connectivity index (χ0v) is 33.3. The zero-order valence-electron chi connectivity index (χ0n) is 33.3. The van der Waals surface area contributed by atoms with Crippen LogP contribution in [0.15, 0.2) is 139 Å². The van der Waals surface area contributed by atoms with Gasteiger partial charge in [-0.15, -0.1) is 0 Å². The average Bonchev–Trinajstić information content (AvgIpc) is 3.30. The van der Waals surface area contributed by atoms with Gasteiger partial charge in [-0.1, -0.05) is 183 Å². The molecule has 0 fully saturated rings. The third-order valence-electron chi connectivity index (χ3n) is 5.13. The highest BCUT2D eigenvalue weighted by Gasteiger charge is 1.92. The van der Waals surface area contributed by atoms with Crippen LogP contribution in [-0.4, -0.2) is 55.9 Å². The van der Waals surface area contributed by atoms with Crippen molar-refractivity contribution in [3.8, 4) is 0 Å². The van der Waals surface area contributed by atoms with Gasteiger partial charge >= 0.3 is 0 Å². The van der Waals surface area contributed by atoms with Crippen molar-refractivity contribution < 1.29 is 34.2 Å². The van der Waals surface area contributed by atoms with Gasteiger partial charge in [0.15, 0.2) is 0 Å². The topological polar surface area (TPSA) is 126 Å². The number of carbonyl (C=O) groups excluding carboxylic acids is 5. The molecule has 2 N–H and O–H groups in total. The molecule has 0 amide bonds. The van der Waals surface area contributed by atoms with E-state index in [9.17, 15) is 24.0 Å². The Morgan fingerprint density at radius 2 is 0.596 bits per heavy atom. The third kappa shape index (κ3) is 42.9. The lowest BCUT2D eigenvalue weighted by molar-refractivity contribution is -0.105. The van der Waals surface area contributed by atoms with Crippen LogP contribution in [0.4, 0.5) is 0 Å². The predicted octanol–water partition coefficient (Wildman–Crippen LogP) is 10.7. The molecule has 0 atom stereocenters. The lowest BCUT2D eigenvalue weighted by atomic mass is 10.1. The molecule has 3 aromatic carbocycles. The quantitative estimate of drug-likeness (QED) is 0.251. The van der Waals surface area contributed by atoms with Crippen LogP contribution in [-0.2, 0) is 9.59 Å². The molecule has 7 nitrogen and oxygen atoms in total. The van der Waals surface area contributed by atoms with Gasteiger partial charge < -0.3 is 10.2 Å². The molecule has 7 heteroatoms.